The quantitative estimate of drug-likeness (QED) is 0.686. The Hall–Kier alpha value is -2.96. The molecular formula is C21H25N7. The molecule has 1 fully saturated rings. The molecule has 144 valence electrons. The van der Waals surface area contributed by atoms with Gasteiger partial charge in [-0.15, -0.1) is 5.10 Å². The van der Waals surface area contributed by atoms with Crippen LogP contribution in [-0.2, 0) is 19.9 Å². The van der Waals surface area contributed by atoms with Crippen LogP contribution in [0.5, 0.6) is 0 Å². The van der Waals surface area contributed by atoms with Gasteiger partial charge in [-0.05, 0) is 44.7 Å². The van der Waals surface area contributed by atoms with E-state index in [4.69, 9.17) is 15.1 Å². The van der Waals surface area contributed by atoms with Crippen LogP contribution in [0.2, 0.25) is 0 Å². The number of allylic oxidation sites excluding steroid dienone is 4. The zero-order valence-corrected chi connectivity index (χ0v) is 16.7. The van der Waals surface area contributed by atoms with Crippen molar-refractivity contribution in [3.63, 3.8) is 0 Å². The molecule has 5 rings (SSSR count). The zero-order chi connectivity index (χ0) is 19.3. The van der Waals surface area contributed by atoms with Crippen LogP contribution in [0.15, 0.2) is 24.3 Å². The molecule has 3 aromatic heterocycles. The molecule has 0 aromatic carbocycles. The number of fused-ring (bicyclic) bond motifs is 1. The molecule has 0 radical (unpaired) electrons. The van der Waals surface area contributed by atoms with Gasteiger partial charge in [0.15, 0.2) is 5.65 Å². The summed E-state index contributed by atoms with van der Waals surface area (Å²) in [7, 11) is 1.98. The van der Waals surface area contributed by atoms with Crippen LogP contribution in [0.25, 0.3) is 11.2 Å². The van der Waals surface area contributed by atoms with E-state index in [0.717, 1.165) is 66.0 Å². The van der Waals surface area contributed by atoms with Gasteiger partial charge < -0.3 is 4.90 Å². The first kappa shape index (κ1) is 17.2. The number of hydrogen-bond donors (Lipinski definition) is 0. The van der Waals surface area contributed by atoms with Crippen molar-refractivity contribution in [3.05, 3.63) is 52.8 Å². The van der Waals surface area contributed by atoms with Crippen LogP contribution in [0.1, 0.15) is 41.3 Å². The van der Waals surface area contributed by atoms with Crippen molar-refractivity contribution in [1.82, 2.24) is 29.4 Å². The number of aryl methyl sites for hydroxylation is 5. The average Bonchev–Trinajstić information content (AvgIpc) is 3.34. The molecule has 0 N–H and O–H groups in total. The molecule has 28 heavy (non-hydrogen) atoms. The second-order valence-corrected chi connectivity index (χ2v) is 7.69. The standard InChI is InChI=1S/C21H25N7/c1-14-15(2)28-20(22-14)18(16-7-6-8-16)13-17(24-28)9-10-19-23-21(25-26(19)3)27-11-4-5-12-27/h6-8,13H,4-5,9-12H2,1-3H3. The predicted molar refractivity (Wildman–Crippen MR) is 109 cm³/mol. The van der Waals surface area contributed by atoms with Crippen molar-refractivity contribution in [2.75, 3.05) is 18.0 Å². The van der Waals surface area contributed by atoms with E-state index < -0.39 is 0 Å². The molecule has 4 heterocycles. The fourth-order valence-corrected chi connectivity index (χ4v) is 3.90. The first-order valence-electron chi connectivity index (χ1n) is 9.99. The van der Waals surface area contributed by atoms with Crippen LogP contribution in [0.4, 0.5) is 5.95 Å². The molecule has 0 unspecified atom stereocenters. The minimum atomic E-state index is 0.816. The molecular weight excluding hydrogens is 350 g/mol. The number of nitrogens with zero attached hydrogens (tertiary/aromatic N) is 7. The van der Waals surface area contributed by atoms with Gasteiger partial charge in [-0.25, -0.2) is 9.50 Å². The number of rotatable bonds is 5. The van der Waals surface area contributed by atoms with Crippen LogP contribution >= 0.6 is 0 Å². The van der Waals surface area contributed by atoms with E-state index >= 15 is 0 Å². The summed E-state index contributed by atoms with van der Waals surface area (Å²) < 4.78 is 3.90. The maximum Gasteiger partial charge on any atom is 0.244 e. The lowest BCUT2D eigenvalue weighted by Gasteiger charge is -2.11. The highest BCUT2D eigenvalue weighted by Gasteiger charge is 2.19. The zero-order valence-electron chi connectivity index (χ0n) is 16.7. The van der Waals surface area contributed by atoms with Crippen LogP contribution < -0.4 is 4.90 Å². The summed E-state index contributed by atoms with van der Waals surface area (Å²) in [5.41, 5.74) is 6.47. The lowest BCUT2D eigenvalue weighted by atomic mass is 9.99. The van der Waals surface area contributed by atoms with Gasteiger partial charge in [0.25, 0.3) is 0 Å². The molecule has 7 nitrogen and oxygen atoms in total. The summed E-state index contributed by atoms with van der Waals surface area (Å²) in [5.74, 6) is 1.87. The Labute approximate surface area is 164 Å². The highest BCUT2D eigenvalue weighted by Crippen LogP contribution is 2.27. The lowest BCUT2D eigenvalue weighted by Crippen LogP contribution is -2.19. The highest BCUT2D eigenvalue weighted by molar-refractivity contribution is 5.87. The van der Waals surface area contributed by atoms with E-state index in [1.54, 1.807) is 0 Å². The smallest absolute Gasteiger partial charge is 0.244 e. The minimum absolute atomic E-state index is 0.816. The van der Waals surface area contributed by atoms with Gasteiger partial charge in [-0.1, -0.05) is 18.2 Å². The van der Waals surface area contributed by atoms with Crippen molar-refractivity contribution in [2.45, 2.75) is 39.5 Å². The van der Waals surface area contributed by atoms with Gasteiger partial charge in [0.05, 0.1) is 17.1 Å². The molecule has 1 aliphatic carbocycles. The summed E-state index contributed by atoms with van der Waals surface area (Å²) in [4.78, 5) is 11.8. The van der Waals surface area contributed by atoms with Crippen molar-refractivity contribution in [3.8, 4) is 0 Å². The van der Waals surface area contributed by atoms with Crippen molar-refractivity contribution >= 4 is 17.2 Å². The van der Waals surface area contributed by atoms with Crippen LogP contribution in [-0.4, -0.2) is 42.5 Å². The number of imidazole rings is 1. The second kappa shape index (κ2) is 6.58. The summed E-state index contributed by atoms with van der Waals surface area (Å²) in [6.07, 6.45) is 10.4. The molecule has 7 heteroatoms. The first-order valence-corrected chi connectivity index (χ1v) is 9.99. The third-order valence-electron chi connectivity index (χ3n) is 5.79. The molecule has 0 atom stereocenters. The molecule has 0 spiro atoms. The summed E-state index contributed by atoms with van der Waals surface area (Å²) in [6.45, 7) is 6.24. The Kier molecular flexibility index (Phi) is 4.03. The molecule has 3 aromatic rings. The van der Waals surface area contributed by atoms with Crippen molar-refractivity contribution in [1.29, 1.82) is 0 Å². The molecule has 0 bridgehead atoms. The largest absolute Gasteiger partial charge is 0.340 e. The van der Waals surface area contributed by atoms with E-state index in [1.165, 1.54) is 18.4 Å². The maximum absolute atomic E-state index is 4.86. The van der Waals surface area contributed by atoms with Crippen LogP contribution in [0, 0.1) is 13.8 Å². The molecule has 2 aliphatic rings. The van der Waals surface area contributed by atoms with Crippen molar-refractivity contribution in [2.24, 2.45) is 7.05 Å². The second-order valence-electron chi connectivity index (χ2n) is 7.69. The number of aromatic nitrogens is 6. The number of hydrogen-bond acceptors (Lipinski definition) is 5. The average molecular weight is 375 g/mol. The summed E-state index contributed by atoms with van der Waals surface area (Å²) in [6, 6.07) is 2.17. The Morgan fingerprint density at radius 3 is 2.54 bits per heavy atom. The fraction of sp³-hybridized carbons (Fsp3) is 0.429. The summed E-state index contributed by atoms with van der Waals surface area (Å²) >= 11 is 0. The third kappa shape index (κ3) is 2.82. The van der Waals surface area contributed by atoms with E-state index in [9.17, 15) is 0 Å². The van der Waals surface area contributed by atoms with Gasteiger partial charge in [0.1, 0.15) is 5.82 Å². The van der Waals surface area contributed by atoms with Crippen LogP contribution in [0.3, 0.4) is 0 Å². The van der Waals surface area contributed by atoms with Crippen molar-refractivity contribution < 1.29 is 0 Å². The Morgan fingerprint density at radius 2 is 1.82 bits per heavy atom. The van der Waals surface area contributed by atoms with Gasteiger partial charge >= 0.3 is 0 Å². The topological polar surface area (TPSA) is 64.1 Å². The third-order valence-corrected chi connectivity index (χ3v) is 5.79. The molecule has 0 saturated carbocycles. The van der Waals surface area contributed by atoms with E-state index in [2.05, 4.69) is 41.2 Å². The van der Waals surface area contributed by atoms with Gasteiger partial charge in [0, 0.05) is 32.1 Å². The van der Waals surface area contributed by atoms with Gasteiger partial charge in [-0.3, -0.25) is 4.68 Å². The Balaban J connectivity index is 1.43. The molecule has 1 saturated heterocycles. The molecule has 0 amide bonds. The Morgan fingerprint density at radius 1 is 1.04 bits per heavy atom. The monoisotopic (exact) mass is 375 g/mol. The van der Waals surface area contributed by atoms with E-state index in [0.29, 0.717) is 0 Å². The predicted octanol–water partition coefficient (Wildman–Crippen LogP) is 2.81. The van der Waals surface area contributed by atoms with E-state index in [-0.39, 0.29) is 0 Å². The fourth-order valence-electron chi connectivity index (χ4n) is 3.90. The van der Waals surface area contributed by atoms with E-state index in [1.807, 2.05) is 23.2 Å². The molecule has 1 aliphatic heterocycles. The SMILES string of the molecule is Cc1nc2c(C3=CC=C3)cc(CCc3nc(N4CCCC4)nn3C)nn2c1C. The Bertz CT molecular complexity index is 1110. The van der Waals surface area contributed by atoms with Gasteiger partial charge in [0.2, 0.25) is 5.95 Å². The normalized spacial score (nSPS) is 16.1. The van der Waals surface area contributed by atoms with Gasteiger partial charge in [-0.2, -0.15) is 10.1 Å². The minimum Gasteiger partial charge on any atom is -0.340 e. The first-order chi connectivity index (χ1) is 13.6. The summed E-state index contributed by atoms with van der Waals surface area (Å²) in [5, 5.41) is 9.48. The highest BCUT2D eigenvalue weighted by atomic mass is 15.4. The number of anilines is 1. The lowest BCUT2D eigenvalue weighted by molar-refractivity contribution is 0.681. The maximum atomic E-state index is 4.86.